The van der Waals surface area contributed by atoms with E-state index in [2.05, 4.69) is 31.2 Å². The van der Waals surface area contributed by atoms with E-state index < -0.39 is 5.82 Å². The first-order valence-corrected chi connectivity index (χ1v) is 7.92. The smallest absolute Gasteiger partial charge is 0.165 e. The van der Waals surface area contributed by atoms with E-state index in [0.717, 1.165) is 15.4 Å². The Morgan fingerprint density at radius 2 is 1.92 bits per heavy atom. The molecule has 2 aromatic carbocycles. The van der Waals surface area contributed by atoms with E-state index in [0.29, 0.717) is 22.8 Å². The van der Waals surface area contributed by atoms with Gasteiger partial charge in [0.25, 0.3) is 0 Å². The van der Waals surface area contributed by atoms with Crippen LogP contribution in [0, 0.1) is 12.7 Å². The molecule has 0 aliphatic rings. The van der Waals surface area contributed by atoms with Crippen LogP contribution in [0.2, 0.25) is 0 Å². The molecular weight excluding hydrogens is 377 g/mol. The van der Waals surface area contributed by atoms with E-state index in [1.165, 1.54) is 19.5 Å². The molecule has 0 saturated heterocycles. The van der Waals surface area contributed by atoms with Gasteiger partial charge in [-0.15, -0.1) is 0 Å². The maximum Gasteiger partial charge on any atom is 0.165 e. The van der Waals surface area contributed by atoms with E-state index >= 15 is 0 Å². The first kappa shape index (κ1) is 16.4. The van der Waals surface area contributed by atoms with Crippen molar-refractivity contribution < 1.29 is 13.9 Å². The molecule has 1 aromatic heterocycles. The lowest BCUT2D eigenvalue weighted by Crippen LogP contribution is -2.01. The number of ether oxygens (including phenoxy) is 2. The first-order chi connectivity index (χ1) is 11.5. The molecular formula is C17H15BrFN3O2. The van der Waals surface area contributed by atoms with Crippen molar-refractivity contribution in [3.8, 4) is 11.5 Å². The Bertz CT molecular complexity index is 918. The topological polar surface area (TPSA) is 56.3 Å². The van der Waals surface area contributed by atoms with E-state index in [9.17, 15) is 4.39 Å². The van der Waals surface area contributed by atoms with Crippen LogP contribution >= 0.6 is 15.9 Å². The van der Waals surface area contributed by atoms with Crippen molar-refractivity contribution in [3.05, 3.63) is 46.4 Å². The molecule has 0 radical (unpaired) electrons. The van der Waals surface area contributed by atoms with Crippen LogP contribution in [0.1, 0.15) is 5.56 Å². The zero-order valence-electron chi connectivity index (χ0n) is 13.4. The molecule has 0 amide bonds. The second-order valence-electron chi connectivity index (χ2n) is 5.10. The lowest BCUT2D eigenvalue weighted by Gasteiger charge is -2.14. The van der Waals surface area contributed by atoms with Crippen LogP contribution in [0.15, 0.2) is 35.1 Å². The van der Waals surface area contributed by atoms with Crippen molar-refractivity contribution in [2.75, 3.05) is 19.5 Å². The molecule has 124 valence electrons. The van der Waals surface area contributed by atoms with E-state index in [4.69, 9.17) is 9.47 Å². The van der Waals surface area contributed by atoms with Crippen molar-refractivity contribution in [2.45, 2.75) is 6.92 Å². The summed E-state index contributed by atoms with van der Waals surface area (Å²) in [4.78, 5) is 8.57. The number of hydrogen-bond acceptors (Lipinski definition) is 5. The molecule has 7 heteroatoms. The average molecular weight is 392 g/mol. The summed E-state index contributed by atoms with van der Waals surface area (Å²) in [6.07, 6.45) is 1.47. The summed E-state index contributed by atoms with van der Waals surface area (Å²) < 4.78 is 25.0. The molecule has 0 atom stereocenters. The van der Waals surface area contributed by atoms with Gasteiger partial charge in [-0.05, 0) is 41.1 Å². The number of methoxy groups -OCH3 is 2. The monoisotopic (exact) mass is 391 g/mol. The number of fused-ring (bicyclic) bond motifs is 1. The molecule has 24 heavy (non-hydrogen) atoms. The van der Waals surface area contributed by atoms with Gasteiger partial charge in [-0.1, -0.05) is 0 Å². The molecule has 5 nitrogen and oxygen atoms in total. The number of hydrogen-bond donors (Lipinski definition) is 1. The van der Waals surface area contributed by atoms with Crippen LogP contribution in [0.5, 0.6) is 11.5 Å². The van der Waals surface area contributed by atoms with E-state index in [-0.39, 0.29) is 5.75 Å². The van der Waals surface area contributed by atoms with Crippen LogP contribution in [0.4, 0.5) is 15.9 Å². The summed E-state index contributed by atoms with van der Waals surface area (Å²) in [6, 6.07) is 6.72. The van der Waals surface area contributed by atoms with Crippen molar-refractivity contribution in [1.29, 1.82) is 0 Å². The van der Waals surface area contributed by atoms with Gasteiger partial charge < -0.3 is 14.8 Å². The largest absolute Gasteiger partial charge is 0.495 e. The number of halogens is 2. The summed E-state index contributed by atoms with van der Waals surface area (Å²) in [5, 5.41) is 4.04. The third-order valence-electron chi connectivity index (χ3n) is 3.72. The Balaban J connectivity index is 2.10. The second kappa shape index (κ2) is 6.60. The predicted molar refractivity (Wildman–Crippen MR) is 94.8 cm³/mol. The van der Waals surface area contributed by atoms with Gasteiger partial charge in [-0.25, -0.2) is 14.4 Å². The molecule has 0 aliphatic heterocycles. The van der Waals surface area contributed by atoms with Crippen LogP contribution in [-0.4, -0.2) is 24.2 Å². The highest BCUT2D eigenvalue weighted by atomic mass is 79.9. The lowest BCUT2D eigenvalue weighted by molar-refractivity contribution is 0.384. The van der Waals surface area contributed by atoms with Gasteiger partial charge >= 0.3 is 0 Å². The third kappa shape index (κ3) is 2.87. The maximum absolute atomic E-state index is 13.8. The predicted octanol–water partition coefficient (Wildman–Crippen LogP) is 4.60. The van der Waals surface area contributed by atoms with Gasteiger partial charge in [-0.2, -0.15) is 0 Å². The van der Waals surface area contributed by atoms with Gasteiger partial charge in [0.05, 0.1) is 24.2 Å². The average Bonchev–Trinajstić information content (AvgIpc) is 2.58. The third-order valence-corrected chi connectivity index (χ3v) is 4.34. The number of benzene rings is 2. The SMILES string of the molecule is COc1cc2ncnc(Nc3ccc(F)c(OC)c3C)c2cc1Br. The maximum atomic E-state index is 13.8. The Morgan fingerprint density at radius 3 is 2.62 bits per heavy atom. The summed E-state index contributed by atoms with van der Waals surface area (Å²) >= 11 is 3.47. The van der Waals surface area contributed by atoms with Crippen molar-refractivity contribution in [1.82, 2.24) is 9.97 Å². The first-order valence-electron chi connectivity index (χ1n) is 7.13. The molecule has 0 saturated carbocycles. The fraction of sp³-hybridized carbons (Fsp3) is 0.176. The number of nitrogens with zero attached hydrogens (tertiary/aromatic N) is 2. The van der Waals surface area contributed by atoms with Gasteiger partial charge in [0.15, 0.2) is 11.6 Å². The molecule has 0 bridgehead atoms. The van der Waals surface area contributed by atoms with Crippen molar-refractivity contribution in [3.63, 3.8) is 0 Å². The number of nitrogens with one attached hydrogen (secondary N) is 1. The lowest BCUT2D eigenvalue weighted by atomic mass is 10.1. The van der Waals surface area contributed by atoms with Crippen LogP contribution in [0.3, 0.4) is 0 Å². The van der Waals surface area contributed by atoms with E-state index in [1.54, 1.807) is 20.1 Å². The number of rotatable bonds is 4. The molecule has 0 fully saturated rings. The second-order valence-corrected chi connectivity index (χ2v) is 5.96. The van der Waals surface area contributed by atoms with Crippen LogP contribution in [-0.2, 0) is 0 Å². The Kier molecular flexibility index (Phi) is 4.53. The molecule has 0 aliphatic carbocycles. The minimum atomic E-state index is -0.402. The van der Waals surface area contributed by atoms with Crippen molar-refractivity contribution in [2.24, 2.45) is 0 Å². The molecule has 0 spiro atoms. The summed E-state index contributed by atoms with van der Waals surface area (Å²) in [5.74, 6) is 1.11. The Labute approximate surface area is 147 Å². The Morgan fingerprint density at radius 1 is 1.12 bits per heavy atom. The zero-order valence-corrected chi connectivity index (χ0v) is 14.9. The van der Waals surface area contributed by atoms with Gasteiger partial charge in [0.2, 0.25) is 0 Å². The van der Waals surface area contributed by atoms with Crippen LogP contribution in [0.25, 0.3) is 10.9 Å². The normalized spacial score (nSPS) is 10.7. The quantitative estimate of drug-likeness (QED) is 0.703. The van der Waals surface area contributed by atoms with Crippen molar-refractivity contribution >= 4 is 38.3 Å². The van der Waals surface area contributed by atoms with Gasteiger partial charge in [-0.3, -0.25) is 0 Å². The summed E-state index contributed by atoms with van der Waals surface area (Å²) in [6.45, 7) is 1.78. The van der Waals surface area contributed by atoms with Gasteiger partial charge in [0, 0.05) is 22.7 Å². The molecule has 1 N–H and O–H groups in total. The summed E-state index contributed by atoms with van der Waals surface area (Å²) in [7, 11) is 3.04. The standard InChI is InChI=1S/C17H15BrFN3O2/c1-9-13(5-4-12(19)16(9)24-3)22-17-10-6-11(18)15(23-2)7-14(10)20-8-21-17/h4-8H,1-3H3,(H,20,21,22). The van der Waals surface area contributed by atoms with E-state index in [1.807, 2.05) is 12.1 Å². The van der Waals surface area contributed by atoms with Crippen LogP contribution < -0.4 is 14.8 Å². The zero-order chi connectivity index (χ0) is 17.3. The molecule has 0 unspecified atom stereocenters. The number of aromatic nitrogens is 2. The summed E-state index contributed by atoms with van der Waals surface area (Å²) in [5.41, 5.74) is 2.11. The fourth-order valence-electron chi connectivity index (χ4n) is 2.49. The van der Waals surface area contributed by atoms with Gasteiger partial charge in [0.1, 0.15) is 17.9 Å². The minimum Gasteiger partial charge on any atom is -0.495 e. The highest BCUT2D eigenvalue weighted by molar-refractivity contribution is 9.10. The Hall–Kier alpha value is -2.41. The highest BCUT2D eigenvalue weighted by Crippen LogP contribution is 2.35. The fourth-order valence-corrected chi connectivity index (χ4v) is 2.99. The molecule has 3 rings (SSSR count). The highest BCUT2D eigenvalue weighted by Gasteiger charge is 2.13. The minimum absolute atomic E-state index is 0.209. The molecule has 3 aromatic rings. The number of anilines is 2. The molecule has 1 heterocycles.